The van der Waals surface area contributed by atoms with Crippen molar-refractivity contribution in [3.8, 4) is 5.69 Å². The van der Waals surface area contributed by atoms with Crippen LogP contribution in [0.4, 0.5) is 5.69 Å². The molecule has 30 heavy (non-hydrogen) atoms. The number of carbonyl (C=O) groups is 1. The lowest BCUT2D eigenvalue weighted by Gasteiger charge is -2.34. The van der Waals surface area contributed by atoms with Crippen LogP contribution in [0.1, 0.15) is 35.8 Å². The van der Waals surface area contributed by atoms with Gasteiger partial charge in [-0.05, 0) is 31.4 Å². The molecule has 3 aromatic rings. The van der Waals surface area contributed by atoms with Crippen molar-refractivity contribution >= 4 is 11.6 Å². The Balaban J connectivity index is 1.31. The Kier molecular flexibility index (Phi) is 4.78. The van der Waals surface area contributed by atoms with Gasteiger partial charge in [0.1, 0.15) is 0 Å². The molecule has 9 heteroatoms. The van der Waals surface area contributed by atoms with Crippen LogP contribution >= 0.6 is 0 Å². The van der Waals surface area contributed by atoms with E-state index in [4.69, 9.17) is 0 Å². The van der Waals surface area contributed by atoms with Crippen LogP contribution in [-0.2, 0) is 0 Å². The van der Waals surface area contributed by atoms with Crippen molar-refractivity contribution in [1.29, 1.82) is 0 Å². The number of benzene rings is 1. The number of rotatable bonds is 4. The molecule has 0 N–H and O–H groups in total. The van der Waals surface area contributed by atoms with Crippen molar-refractivity contribution in [3.63, 3.8) is 0 Å². The summed E-state index contributed by atoms with van der Waals surface area (Å²) in [5.41, 5.74) is 1.86. The van der Waals surface area contributed by atoms with Gasteiger partial charge in [-0.1, -0.05) is 18.2 Å². The van der Waals surface area contributed by atoms with Crippen LogP contribution < -0.4 is 10.5 Å². The van der Waals surface area contributed by atoms with Gasteiger partial charge >= 0.3 is 0 Å². The third-order valence-electron chi connectivity index (χ3n) is 5.76. The molecule has 4 heterocycles. The Morgan fingerprint density at radius 2 is 1.80 bits per heavy atom. The Hall–Kier alpha value is -3.49. The topological polar surface area (TPSA) is 89.2 Å². The lowest BCUT2D eigenvalue weighted by atomic mass is 10.1. The van der Waals surface area contributed by atoms with Crippen molar-refractivity contribution in [2.24, 2.45) is 0 Å². The molecule has 9 nitrogen and oxygen atoms in total. The summed E-state index contributed by atoms with van der Waals surface area (Å²) in [6.07, 6.45) is 6.03. The molecule has 1 amide bonds. The zero-order valence-electron chi connectivity index (χ0n) is 16.6. The number of carbonyl (C=O) groups excluding carboxylic acids is 1. The predicted octanol–water partition coefficient (Wildman–Crippen LogP) is 1.51. The van der Waals surface area contributed by atoms with Gasteiger partial charge in [0.25, 0.3) is 11.5 Å². The van der Waals surface area contributed by atoms with Crippen LogP contribution in [0.5, 0.6) is 0 Å². The molecule has 0 saturated carbocycles. The van der Waals surface area contributed by atoms with E-state index in [1.165, 1.54) is 15.7 Å². The number of aromatic nitrogens is 5. The van der Waals surface area contributed by atoms with E-state index >= 15 is 0 Å². The quantitative estimate of drug-likeness (QED) is 0.654. The van der Waals surface area contributed by atoms with Gasteiger partial charge in [0.15, 0.2) is 5.69 Å². The predicted molar refractivity (Wildman–Crippen MR) is 111 cm³/mol. The van der Waals surface area contributed by atoms with Gasteiger partial charge < -0.3 is 9.80 Å². The zero-order valence-corrected chi connectivity index (χ0v) is 16.6. The summed E-state index contributed by atoms with van der Waals surface area (Å²) in [5, 5.41) is 13.0. The number of likely N-dealkylation sites (tertiary alicyclic amines) is 1. The van der Waals surface area contributed by atoms with E-state index in [2.05, 4.69) is 20.2 Å². The van der Waals surface area contributed by atoms with E-state index in [9.17, 15) is 9.59 Å². The van der Waals surface area contributed by atoms with Gasteiger partial charge in [0.05, 0.1) is 29.8 Å². The van der Waals surface area contributed by atoms with Gasteiger partial charge in [-0.3, -0.25) is 9.59 Å². The summed E-state index contributed by atoms with van der Waals surface area (Å²) >= 11 is 0. The lowest BCUT2D eigenvalue weighted by molar-refractivity contribution is 0.0663. The average Bonchev–Trinajstić information content (AvgIpc) is 3.23. The van der Waals surface area contributed by atoms with E-state index in [0.29, 0.717) is 18.8 Å². The highest BCUT2D eigenvalue weighted by atomic mass is 16.2. The van der Waals surface area contributed by atoms with Gasteiger partial charge in [-0.25, -0.2) is 4.68 Å². The summed E-state index contributed by atoms with van der Waals surface area (Å²) in [4.78, 5) is 31.0. The molecular weight excluding hydrogens is 382 g/mol. The second-order valence-corrected chi connectivity index (χ2v) is 7.74. The molecule has 2 aliphatic heterocycles. The number of nitrogens with zero attached hydrogens (tertiary/aromatic N) is 7. The van der Waals surface area contributed by atoms with Crippen LogP contribution in [0, 0.1) is 0 Å². The summed E-state index contributed by atoms with van der Waals surface area (Å²) in [6.45, 7) is 3.02. The Morgan fingerprint density at radius 3 is 2.53 bits per heavy atom. The second kappa shape index (κ2) is 7.74. The number of hydrogen-bond donors (Lipinski definition) is 0. The van der Waals surface area contributed by atoms with Crippen LogP contribution in [0.2, 0.25) is 0 Å². The van der Waals surface area contributed by atoms with Crippen molar-refractivity contribution in [2.45, 2.75) is 25.3 Å². The third-order valence-corrected chi connectivity index (χ3v) is 5.76. The highest BCUT2D eigenvalue weighted by Gasteiger charge is 2.28. The first kappa shape index (κ1) is 18.5. The first-order chi connectivity index (χ1) is 14.7. The van der Waals surface area contributed by atoms with Crippen molar-refractivity contribution < 1.29 is 4.79 Å². The maximum absolute atomic E-state index is 13.0. The molecule has 2 aliphatic rings. The summed E-state index contributed by atoms with van der Waals surface area (Å²) in [6, 6.07) is 11.0. The molecule has 0 radical (unpaired) electrons. The third kappa shape index (κ3) is 3.47. The molecule has 154 valence electrons. The second-order valence-electron chi connectivity index (χ2n) is 7.74. The number of hydrogen-bond acceptors (Lipinski definition) is 6. The minimum Gasteiger partial charge on any atom is -0.370 e. The number of para-hydroxylation sites is 1. The molecule has 2 aromatic heterocycles. The van der Waals surface area contributed by atoms with Gasteiger partial charge in [0.2, 0.25) is 0 Å². The summed E-state index contributed by atoms with van der Waals surface area (Å²) in [5.74, 6) is -0.174. The van der Waals surface area contributed by atoms with Gasteiger partial charge in [0, 0.05) is 32.2 Å². The molecule has 2 saturated heterocycles. The smallest absolute Gasteiger partial charge is 0.276 e. The number of amides is 1. The maximum atomic E-state index is 13.0. The molecule has 1 unspecified atom stereocenters. The van der Waals surface area contributed by atoms with E-state index < -0.39 is 0 Å². The minimum atomic E-state index is -0.174. The average molecular weight is 405 g/mol. The normalized spacial score (nSPS) is 18.9. The molecule has 2 fully saturated rings. The van der Waals surface area contributed by atoms with E-state index in [1.807, 2.05) is 30.3 Å². The van der Waals surface area contributed by atoms with Crippen LogP contribution in [0.25, 0.3) is 5.69 Å². The number of piperidine rings is 1. The first-order valence-electron chi connectivity index (χ1n) is 10.3. The Labute approximate surface area is 173 Å². The molecule has 0 spiro atoms. The molecule has 0 aliphatic carbocycles. The van der Waals surface area contributed by atoms with Crippen molar-refractivity contribution in [1.82, 2.24) is 29.7 Å². The Bertz CT molecular complexity index is 1100. The lowest BCUT2D eigenvalue weighted by Crippen LogP contribution is -2.44. The van der Waals surface area contributed by atoms with E-state index in [1.54, 1.807) is 17.2 Å². The Morgan fingerprint density at radius 1 is 0.967 bits per heavy atom. The van der Waals surface area contributed by atoms with Crippen LogP contribution in [-0.4, -0.2) is 61.8 Å². The minimum absolute atomic E-state index is 0.117. The van der Waals surface area contributed by atoms with Gasteiger partial charge in [-0.15, -0.1) is 5.10 Å². The fraction of sp³-hybridized carbons (Fsp3) is 0.381. The first-order valence-corrected chi connectivity index (χ1v) is 10.3. The molecule has 1 aromatic carbocycles. The van der Waals surface area contributed by atoms with Gasteiger partial charge in [-0.2, -0.15) is 15.0 Å². The molecule has 1 atom stereocenters. The fourth-order valence-corrected chi connectivity index (χ4v) is 3.98. The summed E-state index contributed by atoms with van der Waals surface area (Å²) < 4.78 is 1.52. The fourth-order valence-electron chi connectivity index (χ4n) is 3.98. The summed E-state index contributed by atoms with van der Waals surface area (Å²) in [7, 11) is 0. The molecule has 0 bridgehead atoms. The zero-order chi connectivity index (χ0) is 20.5. The van der Waals surface area contributed by atoms with Crippen LogP contribution in [0.15, 0.2) is 53.6 Å². The highest BCUT2D eigenvalue weighted by molar-refractivity contribution is 5.92. The standard InChI is InChI=1S/C21H23N7O2/c29-20-12-18(25-10-5-11-25)13-22-27(20)17-8-4-9-26(15-17)21(30)19-14-23-28(24-19)16-6-2-1-3-7-16/h1-3,6-7,12-14,17H,4-5,8-11,15H2. The molecule has 5 rings (SSSR count). The highest BCUT2D eigenvalue weighted by Crippen LogP contribution is 2.22. The van der Waals surface area contributed by atoms with Crippen molar-refractivity contribution in [3.05, 3.63) is 64.8 Å². The van der Waals surface area contributed by atoms with Crippen LogP contribution in [0.3, 0.4) is 0 Å². The largest absolute Gasteiger partial charge is 0.370 e. The molecular formula is C21H23N7O2. The number of anilines is 1. The SMILES string of the molecule is O=C(c1cnn(-c2ccccc2)n1)N1CCCC(n2ncc(N3CCC3)cc2=O)C1. The maximum Gasteiger partial charge on any atom is 0.276 e. The van der Waals surface area contributed by atoms with E-state index in [-0.39, 0.29) is 17.5 Å². The monoisotopic (exact) mass is 405 g/mol. The van der Waals surface area contributed by atoms with E-state index in [0.717, 1.165) is 43.7 Å². The van der Waals surface area contributed by atoms with Crippen molar-refractivity contribution in [2.75, 3.05) is 31.1 Å².